The number of amides is 1. The minimum absolute atomic E-state index is 0.0438. The maximum Gasteiger partial charge on any atom is 0.243 e. The first-order chi connectivity index (χ1) is 10.8. The lowest BCUT2D eigenvalue weighted by Gasteiger charge is -2.25. The third-order valence-electron chi connectivity index (χ3n) is 4.20. The highest BCUT2D eigenvalue weighted by molar-refractivity contribution is 7.17. The number of nitrogens with zero attached hydrogens (tertiary/aromatic N) is 2. The number of aromatic nitrogens is 2. The quantitative estimate of drug-likeness (QED) is 0.756. The van der Waals surface area contributed by atoms with Crippen molar-refractivity contribution in [3.63, 3.8) is 0 Å². The van der Waals surface area contributed by atoms with Crippen LogP contribution in [0.2, 0.25) is 0 Å². The Labute approximate surface area is 133 Å². The van der Waals surface area contributed by atoms with Gasteiger partial charge < -0.3 is 5.73 Å². The van der Waals surface area contributed by atoms with Gasteiger partial charge in [0.1, 0.15) is 6.33 Å². The number of hydrazine groups is 1. The van der Waals surface area contributed by atoms with Crippen LogP contribution in [0.25, 0.3) is 10.2 Å². The standard InChI is InChI=1S/C15H21N5OS/c16-11-6-4-2-1-3-5-10(11)15(21)20-19-14-13-12(7-8-22-13)17-9-18-14/h7-11H,1-6,16H2,(H,20,21)(H,17,18,19)/t10-,11-/m1/s1. The Kier molecular flexibility index (Phi) is 4.84. The molecule has 118 valence electrons. The van der Waals surface area contributed by atoms with E-state index in [-0.39, 0.29) is 17.9 Å². The van der Waals surface area contributed by atoms with Crippen molar-refractivity contribution in [2.24, 2.45) is 11.7 Å². The Hall–Kier alpha value is -1.73. The van der Waals surface area contributed by atoms with E-state index < -0.39 is 0 Å². The molecule has 6 nitrogen and oxygen atoms in total. The van der Waals surface area contributed by atoms with Crippen LogP contribution in [0.4, 0.5) is 5.82 Å². The maximum atomic E-state index is 12.4. The van der Waals surface area contributed by atoms with Crippen LogP contribution in [0, 0.1) is 5.92 Å². The molecule has 0 unspecified atom stereocenters. The Balaban J connectivity index is 1.64. The second kappa shape index (κ2) is 7.02. The van der Waals surface area contributed by atoms with Crippen LogP contribution in [0.3, 0.4) is 0 Å². The van der Waals surface area contributed by atoms with E-state index in [0.717, 1.165) is 35.9 Å². The summed E-state index contributed by atoms with van der Waals surface area (Å²) < 4.78 is 0.935. The van der Waals surface area contributed by atoms with E-state index in [0.29, 0.717) is 5.82 Å². The highest BCUT2D eigenvalue weighted by Crippen LogP contribution is 2.25. The zero-order chi connectivity index (χ0) is 15.4. The van der Waals surface area contributed by atoms with E-state index >= 15 is 0 Å². The smallest absolute Gasteiger partial charge is 0.243 e. The molecule has 1 saturated carbocycles. The molecule has 1 amide bonds. The van der Waals surface area contributed by atoms with Crippen molar-refractivity contribution in [3.8, 4) is 0 Å². The van der Waals surface area contributed by atoms with Crippen LogP contribution in [0.1, 0.15) is 38.5 Å². The lowest BCUT2D eigenvalue weighted by molar-refractivity contribution is -0.125. The van der Waals surface area contributed by atoms with Crippen molar-refractivity contribution in [2.45, 2.75) is 44.6 Å². The van der Waals surface area contributed by atoms with Gasteiger partial charge in [0, 0.05) is 6.04 Å². The number of hydrogen-bond donors (Lipinski definition) is 3. The molecule has 1 aliphatic carbocycles. The Morgan fingerprint density at radius 3 is 2.91 bits per heavy atom. The summed E-state index contributed by atoms with van der Waals surface area (Å²) in [4.78, 5) is 20.8. The van der Waals surface area contributed by atoms with Gasteiger partial charge in [-0.05, 0) is 24.3 Å². The molecule has 4 N–H and O–H groups in total. The number of hydrogen-bond acceptors (Lipinski definition) is 6. The molecular weight excluding hydrogens is 298 g/mol. The molecule has 0 spiro atoms. The Bertz CT molecular complexity index is 644. The zero-order valence-electron chi connectivity index (χ0n) is 12.4. The number of thiophene rings is 1. The molecule has 1 fully saturated rings. The van der Waals surface area contributed by atoms with E-state index in [1.54, 1.807) is 11.3 Å². The summed E-state index contributed by atoms with van der Waals surface area (Å²) in [5, 5.41) is 1.96. The minimum Gasteiger partial charge on any atom is -0.327 e. The van der Waals surface area contributed by atoms with Gasteiger partial charge in [0.05, 0.1) is 16.1 Å². The Morgan fingerprint density at radius 1 is 1.23 bits per heavy atom. The molecule has 0 bridgehead atoms. The van der Waals surface area contributed by atoms with Crippen molar-refractivity contribution in [1.29, 1.82) is 0 Å². The largest absolute Gasteiger partial charge is 0.327 e. The number of rotatable bonds is 3. The number of carbonyl (C=O) groups excluding carboxylic acids is 1. The molecule has 1 aliphatic rings. The molecule has 0 aliphatic heterocycles. The minimum atomic E-state index is -0.131. The lowest BCUT2D eigenvalue weighted by Crippen LogP contribution is -2.44. The summed E-state index contributed by atoms with van der Waals surface area (Å²) in [7, 11) is 0. The predicted molar refractivity (Wildman–Crippen MR) is 88.3 cm³/mol. The third-order valence-corrected chi connectivity index (χ3v) is 5.11. The fourth-order valence-electron chi connectivity index (χ4n) is 2.93. The molecule has 0 aromatic carbocycles. The summed E-state index contributed by atoms with van der Waals surface area (Å²) in [6, 6.07) is 1.87. The summed E-state index contributed by atoms with van der Waals surface area (Å²) >= 11 is 1.54. The first-order valence-electron chi connectivity index (χ1n) is 7.75. The summed E-state index contributed by atoms with van der Waals surface area (Å²) in [6.45, 7) is 0. The van der Waals surface area contributed by atoms with Gasteiger partial charge >= 0.3 is 0 Å². The van der Waals surface area contributed by atoms with Gasteiger partial charge in [-0.15, -0.1) is 11.3 Å². The number of nitrogens with one attached hydrogen (secondary N) is 2. The zero-order valence-corrected chi connectivity index (χ0v) is 13.2. The molecular formula is C15H21N5OS. The van der Waals surface area contributed by atoms with Crippen LogP contribution < -0.4 is 16.6 Å². The van der Waals surface area contributed by atoms with Crippen LogP contribution in [0.5, 0.6) is 0 Å². The van der Waals surface area contributed by atoms with Crippen molar-refractivity contribution in [3.05, 3.63) is 17.8 Å². The van der Waals surface area contributed by atoms with Crippen LogP contribution in [0.15, 0.2) is 17.8 Å². The molecule has 3 rings (SSSR count). The topological polar surface area (TPSA) is 92.9 Å². The molecule has 2 aromatic rings. The molecule has 0 saturated heterocycles. The maximum absolute atomic E-state index is 12.4. The normalized spacial score (nSPS) is 22.8. The van der Waals surface area contributed by atoms with Gasteiger partial charge in [0.15, 0.2) is 5.82 Å². The molecule has 0 radical (unpaired) electrons. The van der Waals surface area contributed by atoms with E-state index in [2.05, 4.69) is 20.8 Å². The number of nitrogens with two attached hydrogens (primary N) is 1. The Morgan fingerprint density at radius 2 is 2.05 bits per heavy atom. The average Bonchev–Trinajstić information content (AvgIpc) is 2.98. The highest BCUT2D eigenvalue weighted by Gasteiger charge is 2.26. The van der Waals surface area contributed by atoms with E-state index in [1.165, 1.54) is 19.2 Å². The van der Waals surface area contributed by atoms with E-state index in [9.17, 15) is 4.79 Å². The van der Waals surface area contributed by atoms with Gasteiger partial charge in [-0.2, -0.15) is 0 Å². The average molecular weight is 319 g/mol. The van der Waals surface area contributed by atoms with Crippen LogP contribution >= 0.6 is 11.3 Å². The second-order valence-corrected chi connectivity index (χ2v) is 6.65. The van der Waals surface area contributed by atoms with Crippen LogP contribution in [-0.2, 0) is 4.79 Å². The lowest BCUT2D eigenvalue weighted by atomic mass is 9.87. The van der Waals surface area contributed by atoms with Crippen molar-refractivity contribution in [1.82, 2.24) is 15.4 Å². The monoisotopic (exact) mass is 319 g/mol. The fraction of sp³-hybridized carbons (Fsp3) is 0.533. The second-order valence-electron chi connectivity index (χ2n) is 5.73. The third kappa shape index (κ3) is 3.36. The van der Waals surface area contributed by atoms with Crippen LogP contribution in [-0.4, -0.2) is 21.9 Å². The number of anilines is 1. The number of carbonyl (C=O) groups is 1. The van der Waals surface area contributed by atoms with Crippen molar-refractivity contribution >= 4 is 33.3 Å². The fourth-order valence-corrected chi connectivity index (χ4v) is 3.72. The first-order valence-corrected chi connectivity index (χ1v) is 8.63. The summed E-state index contributed by atoms with van der Waals surface area (Å²) in [6.07, 6.45) is 7.84. The van der Waals surface area contributed by atoms with Gasteiger partial charge in [0.25, 0.3) is 0 Å². The van der Waals surface area contributed by atoms with Gasteiger partial charge in [-0.3, -0.25) is 15.6 Å². The van der Waals surface area contributed by atoms with E-state index in [1.807, 2.05) is 11.4 Å². The number of fused-ring (bicyclic) bond motifs is 1. The predicted octanol–water partition coefficient (Wildman–Crippen LogP) is 2.43. The molecule has 22 heavy (non-hydrogen) atoms. The molecule has 2 heterocycles. The molecule has 2 atom stereocenters. The van der Waals surface area contributed by atoms with Crippen molar-refractivity contribution < 1.29 is 4.79 Å². The van der Waals surface area contributed by atoms with Crippen molar-refractivity contribution in [2.75, 3.05) is 5.43 Å². The molecule has 7 heteroatoms. The first kappa shape index (κ1) is 15.2. The summed E-state index contributed by atoms with van der Waals surface area (Å²) in [5.41, 5.74) is 12.8. The highest BCUT2D eigenvalue weighted by atomic mass is 32.1. The van der Waals surface area contributed by atoms with Gasteiger partial charge in [0.2, 0.25) is 5.91 Å². The van der Waals surface area contributed by atoms with Gasteiger partial charge in [-0.1, -0.05) is 25.7 Å². The molecule has 2 aromatic heterocycles. The van der Waals surface area contributed by atoms with Gasteiger partial charge in [-0.25, -0.2) is 9.97 Å². The SMILES string of the molecule is N[C@@H]1CCCCCC[C@H]1C(=O)NNc1ncnc2ccsc12. The summed E-state index contributed by atoms with van der Waals surface area (Å²) in [5.74, 6) is 0.457. The van der Waals surface area contributed by atoms with E-state index in [4.69, 9.17) is 5.73 Å².